The molecule has 1 atom stereocenters. The quantitative estimate of drug-likeness (QED) is 0.161. The van der Waals surface area contributed by atoms with Crippen molar-refractivity contribution in [2.24, 2.45) is 0 Å². The number of rotatable bonds is 7. The average Bonchev–Trinajstić information content (AvgIpc) is 3.56. The Balaban J connectivity index is 1.30. The molecule has 11 nitrogen and oxygen atoms in total. The lowest BCUT2D eigenvalue weighted by atomic mass is 10.1. The number of amides is 3. The van der Waals surface area contributed by atoms with Crippen molar-refractivity contribution in [3.05, 3.63) is 119 Å². The van der Waals surface area contributed by atoms with E-state index in [-0.39, 0.29) is 24.2 Å². The molecule has 5 aromatic rings. The summed E-state index contributed by atoms with van der Waals surface area (Å²) in [5.41, 5.74) is 2.76. The van der Waals surface area contributed by atoms with Crippen LogP contribution in [-0.2, 0) is 16.1 Å². The highest BCUT2D eigenvalue weighted by molar-refractivity contribution is 6.23. The predicted octanol–water partition coefficient (Wildman–Crippen LogP) is 4.77. The molecule has 0 bridgehead atoms. The third kappa shape index (κ3) is 4.91. The van der Waals surface area contributed by atoms with E-state index < -0.39 is 28.7 Å². The monoisotopic (exact) mass is 547 g/mol. The topological polar surface area (TPSA) is 140 Å². The molecule has 3 amide bonds. The van der Waals surface area contributed by atoms with E-state index in [2.05, 4.69) is 9.97 Å². The van der Waals surface area contributed by atoms with E-state index in [4.69, 9.17) is 4.42 Å². The molecule has 0 N–H and O–H groups in total. The fourth-order valence-corrected chi connectivity index (χ4v) is 4.81. The highest BCUT2D eigenvalue weighted by Gasteiger charge is 2.44. The lowest BCUT2D eigenvalue weighted by Crippen LogP contribution is -2.45. The van der Waals surface area contributed by atoms with E-state index in [9.17, 15) is 24.5 Å². The molecule has 1 aliphatic rings. The molecular weight excluding hydrogens is 526 g/mol. The summed E-state index contributed by atoms with van der Waals surface area (Å²) in [5.74, 6) is -1.26. The number of fused-ring (bicyclic) bond motifs is 1. The number of anilines is 1. The average molecular weight is 548 g/mol. The summed E-state index contributed by atoms with van der Waals surface area (Å²) >= 11 is 0. The highest BCUT2D eigenvalue weighted by atomic mass is 16.6. The van der Waals surface area contributed by atoms with Crippen LogP contribution in [0.4, 0.5) is 11.4 Å². The van der Waals surface area contributed by atoms with Crippen molar-refractivity contribution in [3.8, 4) is 11.5 Å². The van der Waals surface area contributed by atoms with E-state index >= 15 is 0 Å². The minimum absolute atomic E-state index is 0.0243. The van der Waals surface area contributed by atoms with Crippen molar-refractivity contribution in [1.82, 2.24) is 14.9 Å². The van der Waals surface area contributed by atoms with Gasteiger partial charge in [-0.3, -0.25) is 29.5 Å². The molecule has 1 unspecified atom stereocenters. The third-order valence-electron chi connectivity index (χ3n) is 6.81. The number of non-ortho nitro benzene ring substituents is 1. The Morgan fingerprint density at radius 3 is 2.56 bits per heavy atom. The molecule has 0 radical (unpaired) electrons. The second kappa shape index (κ2) is 10.5. The Kier molecular flexibility index (Phi) is 6.52. The molecule has 3 heterocycles. The van der Waals surface area contributed by atoms with E-state index in [1.165, 1.54) is 23.1 Å². The molecule has 1 saturated heterocycles. The standard InChI is InChI=1S/C30H21N5O6/c36-27-16-25(33(18-19-5-4-14-31-17-19)29(37)21-6-3-7-23(15-21)35(39)40)30(38)34(27)22-12-10-20(11-13-22)28-32-24-8-1-2-9-26(24)41-28/h1-15,17,25H,16,18H2. The first-order chi connectivity index (χ1) is 19.9. The fraction of sp³-hybridized carbons (Fsp3) is 0.100. The number of nitro groups is 1. The Bertz CT molecular complexity index is 1770. The van der Waals surface area contributed by atoms with Gasteiger partial charge >= 0.3 is 0 Å². The van der Waals surface area contributed by atoms with Gasteiger partial charge in [-0.2, -0.15) is 0 Å². The normalized spacial score (nSPS) is 14.9. The van der Waals surface area contributed by atoms with Crippen LogP contribution in [0.15, 0.2) is 102 Å². The summed E-state index contributed by atoms with van der Waals surface area (Å²) in [7, 11) is 0. The molecule has 6 rings (SSSR count). The van der Waals surface area contributed by atoms with Gasteiger partial charge in [-0.25, -0.2) is 9.88 Å². The number of para-hydroxylation sites is 2. The Morgan fingerprint density at radius 2 is 1.83 bits per heavy atom. The van der Waals surface area contributed by atoms with Crippen molar-refractivity contribution < 1.29 is 23.7 Å². The van der Waals surface area contributed by atoms with Crippen molar-refractivity contribution in [1.29, 1.82) is 0 Å². The molecule has 1 fully saturated rings. The van der Waals surface area contributed by atoms with Crippen molar-refractivity contribution in [2.45, 2.75) is 19.0 Å². The van der Waals surface area contributed by atoms with Crippen LogP contribution >= 0.6 is 0 Å². The number of benzene rings is 3. The van der Waals surface area contributed by atoms with Crippen LogP contribution in [0.3, 0.4) is 0 Å². The lowest BCUT2D eigenvalue weighted by Gasteiger charge is -2.28. The van der Waals surface area contributed by atoms with Gasteiger partial charge in [0.05, 0.1) is 17.0 Å². The zero-order chi connectivity index (χ0) is 28.5. The first-order valence-corrected chi connectivity index (χ1v) is 12.7. The Morgan fingerprint density at radius 1 is 1.02 bits per heavy atom. The van der Waals surface area contributed by atoms with Gasteiger partial charge in [-0.15, -0.1) is 0 Å². The van der Waals surface area contributed by atoms with Crippen LogP contribution in [0.25, 0.3) is 22.6 Å². The molecule has 41 heavy (non-hydrogen) atoms. The largest absolute Gasteiger partial charge is 0.436 e. The summed E-state index contributed by atoms with van der Waals surface area (Å²) in [5, 5.41) is 11.3. The number of hydrogen-bond acceptors (Lipinski definition) is 8. The van der Waals surface area contributed by atoms with Gasteiger partial charge in [0.2, 0.25) is 11.8 Å². The second-order valence-electron chi connectivity index (χ2n) is 9.42. The maximum Gasteiger partial charge on any atom is 0.270 e. The minimum atomic E-state index is -1.12. The Labute approximate surface area is 232 Å². The molecule has 0 saturated carbocycles. The number of hydrogen-bond donors (Lipinski definition) is 0. The summed E-state index contributed by atoms with van der Waals surface area (Å²) < 4.78 is 5.81. The molecule has 3 aromatic carbocycles. The number of oxazole rings is 1. The van der Waals surface area contributed by atoms with Crippen LogP contribution in [0.1, 0.15) is 22.3 Å². The molecule has 2 aromatic heterocycles. The molecular formula is C30H21N5O6. The third-order valence-corrected chi connectivity index (χ3v) is 6.81. The molecule has 11 heteroatoms. The van der Waals surface area contributed by atoms with Gasteiger partial charge in [0, 0.05) is 42.2 Å². The zero-order valence-electron chi connectivity index (χ0n) is 21.4. The second-order valence-corrected chi connectivity index (χ2v) is 9.42. The van der Waals surface area contributed by atoms with Crippen molar-refractivity contribution in [2.75, 3.05) is 4.90 Å². The summed E-state index contributed by atoms with van der Waals surface area (Å²) in [6, 6.07) is 21.6. The highest BCUT2D eigenvalue weighted by Crippen LogP contribution is 2.31. The fourth-order valence-electron chi connectivity index (χ4n) is 4.81. The zero-order valence-corrected chi connectivity index (χ0v) is 21.4. The Hall–Kier alpha value is -5.71. The maximum absolute atomic E-state index is 13.7. The number of nitrogens with zero attached hydrogens (tertiary/aromatic N) is 5. The van der Waals surface area contributed by atoms with Crippen molar-refractivity contribution in [3.63, 3.8) is 0 Å². The van der Waals surface area contributed by atoms with Crippen LogP contribution in [0.2, 0.25) is 0 Å². The van der Waals surface area contributed by atoms with Gasteiger partial charge in [0.15, 0.2) is 5.58 Å². The van der Waals surface area contributed by atoms with Gasteiger partial charge < -0.3 is 9.32 Å². The van der Waals surface area contributed by atoms with E-state index in [1.54, 1.807) is 48.8 Å². The van der Waals surface area contributed by atoms with E-state index in [0.717, 1.165) is 11.0 Å². The minimum Gasteiger partial charge on any atom is -0.436 e. The van der Waals surface area contributed by atoms with Crippen LogP contribution in [-0.4, -0.2) is 43.6 Å². The van der Waals surface area contributed by atoms with Crippen molar-refractivity contribution >= 4 is 40.2 Å². The lowest BCUT2D eigenvalue weighted by molar-refractivity contribution is -0.384. The summed E-state index contributed by atoms with van der Waals surface area (Å²) in [6.45, 7) is -0.0243. The van der Waals surface area contributed by atoms with Gasteiger partial charge in [-0.05, 0) is 54.1 Å². The number of nitro benzene ring substituents is 1. The van der Waals surface area contributed by atoms with Gasteiger partial charge in [0.25, 0.3) is 17.5 Å². The van der Waals surface area contributed by atoms with E-state index in [1.807, 2.05) is 24.3 Å². The number of carbonyl (C=O) groups excluding carboxylic acids is 3. The van der Waals surface area contributed by atoms with Crippen LogP contribution in [0.5, 0.6) is 0 Å². The van der Waals surface area contributed by atoms with Gasteiger partial charge in [-0.1, -0.05) is 24.3 Å². The number of pyridine rings is 1. The molecule has 202 valence electrons. The first-order valence-electron chi connectivity index (χ1n) is 12.7. The smallest absolute Gasteiger partial charge is 0.270 e. The number of aromatic nitrogens is 2. The molecule has 0 aliphatic carbocycles. The SMILES string of the molecule is O=C1CC(N(Cc2cccnc2)C(=O)c2cccc([N+](=O)[O-])c2)C(=O)N1c1ccc(-c2nc3ccccc3o2)cc1. The molecule has 1 aliphatic heterocycles. The summed E-state index contributed by atoms with van der Waals surface area (Å²) in [6.07, 6.45) is 2.89. The summed E-state index contributed by atoms with van der Waals surface area (Å²) in [4.78, 5) is 62.1. The number of imide groups is 1. The number of carbonyl (C=O) groups is 3. The molecule has 0 spiro atoms. The maximum atomic E-state index is 13.7. The van der Waals surface area contributed by atoms with Crippen LogP contribution in [0, 0.1) is 10.1 Å². The first kappa shape index (κ1) is 25.6. The predicted molar refractivity (Wildman–Crippen MR) is 148 cm³/mol. The van der Waals surface area contributed by atoms with Crippen LogP contribution < -0.4 is 4.90 Å². The van der Waals surface area contributed by atoms with E-state index in [0.29, 0.717) is 33.8 Å². The van der Waals surface area contributed by atoms with Gasteiger partial charge in [0.1, 0.15) is 11.6 Å².